The Labute approximate surface area is 184 Å². The molecule has 2 aromatic rings. The molecule has 2 aromatic carbocycles. The van der Waals surface area contributed by atoms with E-state index in [9.17, 15) is 9.59 Å². The van der Waals surface area contributed by atoms with Crippen molar-refractivity contribution in [2.75, 3.05) is 33.2 Å². The van der Waals surface area contributed by atoms with Gasteiger partial charge in [-0.05, 0) is 49.0 Å². The van der Waals surface area contributed by atoms with E-state index in [1.165, 1.54) is 6.07 Å². The molecular formula is C20H22Cl2N6O2. The maximum atomic E-state index is 12.9. The first-order valence-corrected chi connectivity index (χ1v) is 9.97. The van der Waals surface area contributed by atoms with Crippen molar-refractivity contribution in [3.05, 3.63) is 57.6 Å². The van der Waals surface area contributed by atoms with E-state index < -0.39 is 5.91 Å². The predicted molar refractivity (Wildman–Crippen MR) is 119 cm³/mol. The van der Waals surface area contributed by atoms with Gasteiger partial charge in [0.2, 0.25) is 0 Å². The molecule has 0 aromatic heterocycles. The maximum Gasteiger partial charge on any atom is 0.280 e. The summed E-state index contributed by atoms with van der Waals surface area (Å²) in [6.45, 7) is 3.07. The zero-order chi connectivity index (χ0) is 21.8. The summed E-state index contributed by atoms with van der Waals surface area (Å²) in [5.74, 6) is -1.38. The number of aliphatic imine (C=N–C) groups is 1. The van der Waals surface area contributed by atoms with Crippen molar-refractivity contribution in [3.8, 4) is 11.1 Å². The van der Waals surface area contributed by atoms with Crippen LogP contribution in [0.3, 0.4) is 0 Å². The number of carbonyl (C=O) groups is 2. The summed E-state index contributed by atoms with van der Waals surface area (Å²) in [4.78, 5) is 31.1. The molecule has 0 spiro atoms. The van der Waals surface area contributed by atoms with Crippen LogP contribution in [0.25, 0.3) is 11.1 Å². The third-order valence-corrected chi connectivity index (χ3v) is 5.24. The number of carbonyl (C=O) groups excluding carboxylic acids is 2. The van der Waals surface area contributed by atoms with Crippen LogP contribution >= 0.6 is 23.2 Å². The molecule has 0 radical (unpaired) electrons. The minimum absolute atomic E-state index is 0.153. The van der Waals surface area contributed by atoms with Crippen molar-refractivity contribution in [3.63, 3.8) is 0 Å². The Hall–Kier alpha value is -2.65. The number of hydrogen-bond acceptors (Lipinski definition) is 4. The number of likely N-dealkylation sites (N-methyl/N-ethyl adjacent to an activating group) is 1. The van der Waals surface area contributed by atoms with E-state index in [1.54, 1.807) is 30.3 Å². The van der Waals surface area contributed by atoms with Gasteiger partial charge >= 0.3 is 0 Å². The summed E-state index contributed by atoms with van der Waals surface area (Å²) < 4.78 is 0. The van der Waals surface area contributed by atoms with E-state index in [-0.39, 0.29) is 23.0 Å². The first kappa shape index (κ1) is 22.0. The summed E-state index contributed by atoms with van der Waals surface area (Å²) in [6.07, 6.45) is 0. The van der Waals surface area contributed by atoms with E-state index in [0.717, 1.165) is 13.1 Å². The Morgan fingerprint density at radius 3 is 2.33 bits per heavy atom. The quantitative estimate of drug-likeness (QED) is 0.486. The molecule has 1 aliphatic heterocycles. The molecule has 10 heteroatoms. The van der Waals surface area contributed by atoms with Gasteiger partial charge in [-0.1, -0.05) is 23.2 Å². The molecule has 0 unspecified atom stereocenters. The molecule has 0 atom stereocenters. The first-order valence-electron chi connectivity index (χ1n) is 9.22. The Balaban J connectivity index is 1.99. The number of guanidine groups is 1. The fourth-order valence-electron chi connectivity index (χ4n) is 3.06. The molecular weight excluding hydrogens is 427 g/mol. The lowest BCUT2D eigenvalue weighted by Gasteiger charge is -2.32. The van der Waals surface area contributed by atoms with Crippen molar-refractivity contribution in [2.24, 2.45) is 16.5 Å². The number of nitrogens with two attached hydrogens (primary N) is 2. The standard InChI is InChI=1S/C20H22Cl2N6O2/c1-27-4-6-28(7-5-27)26-19(30)14-9-12(16-11-15(21)2-3-17(16)22)8-13(10-14)18(29)25-20(23)24/h2-3,8-11H,4-7H2,1H3,(H,26,30)(H4,23,24,25,29). The lowest BCUT2D eigenvalue weighted by molar-refractivity contribution is 0.0662. The highest BCUT2D eigenvalue weighted by atomic mass is 35.5. The third-order valence-electron chi connectivity index (χ3n) is 4.68. The summed E-state index contributed by atoms with van der Waals surface area (Å²) in [7, 11) is 2.03. The minimum Gasteiger partial charge on any atom is -0.370 e. The molecule has 1 saturated heterocycles. The van der Waals surface area contributed by atoms with Crippen LogP contribution in [0, 0.1) is 0 Å². The SMILES string of the molecule is CN1CCN(NC(=O)c2cc(C(=O)N=C(N)N)cc(-c3cc(Cl)ccc3Cl)c2)CC1. The summed E-state index contributed by atoms with van der Waals surface area (Å²) in [5, 5.41) is 2.74. The van der Waals surface area contributed by atoms with Gasteiger partial charge in [0.15, 0.2) is 5.96 Å². The van der Waals surface area contributed by atoms with Crippen LogP contribution in [0.2, 0.25) is 10.0 Å². The molecule has 1 fully saturated rings. The van der Waals surface area contributed by atoms with Crippen molar-refractivity contribution in [2.45, 2.75) is 0 Å². The van der Waals surface area contributed by atoms with Crippen LogP contribution in [0.4, 0.5) is 0 Å². The second-order valence-electron chi connectivity index (χ2n) is 7.00. The van der Waals surface area contributed by atoms with Gasteiger partial charge in [0.25, 0.3) is 11.8 Å². The van der Waals surface area contributed by atoms with Gasteiger partial charge in [0.05, 0.1) is 0 Å². The Morgan fingerprint density at radius 2 is 1.67 bits per heavy atom. The molecule has 30 heavy (non-hydrogen) atoms. The fraction of sp³-hybridized carbons (Fsp3) is 0.250. The summed E-state index contributed by atoms with van der Waals surface area (Å²) >= 11 is 12.4. The maximum absolute atomic E-state index is 12.9. The molecule has 0 saturated carbocycles. The van der Waals surface area contributed by atoms with Gasteiger partial charge in [-0.25, -0.2) is 5.01 Å². The van der Waals surface area contributed by atoms with Crippen LogP contribution in [0.1, 0.15) is 20.7 Å². The highest BCUT2D eigenvalue weighted by molar-refractivity contribution is 6.35. The number of benzene rings is 2. The number of rotatable bonds is 4. The normalized spacial score (nSPS) is 14.9. The molecule has 8 nitrogen and oxygen atoms in total. The molecule has 0 aliphatic carbocycles. The number of hydrazine groups is 1. The number of halogens is 2. The number of nitrogens with zero attached hydrogens (tertiary/aromatic N) is 3. The topological polar surface area (TPSA) is 117 Å². The van der Waals surface area contributed by atoms with Gasteiger partial charge in [-0.2, -0.15) is 4.99 Å². The fourth-order valence-corrected chi connectivity index (χ4v) is 3.46. The summed E-state index contributed by atoms with van der Waals surface area (Å²) in [5.41, 5.74) is 15.1. The smallest absolute Gasteiger partial charge is 0.280 e. The third kappa shape index (κ3) is 5.48. The Bertz CT molecular complexity index is 999. The predicted octanol–water partition coefficient (Wildman–Crippen LogP) is 1.97. The van der Waals surface area contributed by atoms with Crippen LogP contribution in [0.5, 0.6) is 0 Å². The zero-order valence-corrected chi connectivity index (χ0v) is 17.9. The first-order chi connectivity index (χ1) is 14.2. The van der Waals surface area contributed by atoms with Crippen molar-refractivity contribution >= 4 is 41.0 Å². The van der Waals surface area contributed by atoms with Crippen molar-refractivity contribution < 1.29 is 9.59 Å². The lowest BCUT2D eigenvalue weighted by atomic mass is 9.99. The van der Waals surface area contributed by atoms with Crippen molar-refractivity contribution in [1.82, 2.24) is 15.3 Å². The van der Waals surface area contributed by atoms with Crippen LogP contribution in [-0.4, -0.2) is 60.9 Å². The molecule has 1 heterocycles. The van der Waals surface area contributed by atoms with E-state index in [1.807, 2.05) is 12.1 Å². The second kappa shape index (κ2) is 9.44. The minimum atomic E-state index is -0.663. The second-order valence-corrected chi connectivity index (χ2v) is 7.84. The zero-order valence-electron chi connectivity index (χ0n) is 16.4. The molecule has 3 rings (SSSR count). The molecule has 1 aliphatic rings. The van der Waals surface area contributed by atoms with Gasteiger partial charge in [-0.3, -0.25) is 15.0 Å². The molecule has 5 N–H and O–H groups in total. The lowest BCUT2D eigenvalue weighted by Crippen LogP contribution is -2.52. The molecule has 0 bridgehead atoms. The van der Waals surface area contributed by atoms with Gasteiger partial charge in [-0.15, -0.1) is 0 Å². The van der Waals surface area contributed by atoms with Gasteiger partial charge < -0.3 is 16.4 Å². The Kier molecular flexibility index (Phi) is 6.94. The number of nitrogens with one attached hydrogen (secondary N) is 1. The van der Waals surface area contributed by atoms with Crippen LogP contribution < -0.4 is 16.9 Å². The van der Waals surface area contributed by atoms with Gasteiger partial charge in [0.1, 0.15) is 0 Å². The highest BCUT2D eigenvalue weighted by Crippen LogP contribution is 2.32. The molecule has 2 amide bonds. The number of hydrogen-bond donors (Lipinski definition) is 3. The van der Waals surface area contributed by atoms with Crippen molar-refractivity contribution in [1.29, 1.82) is 0 Å². The molecule has 158 valence electrons. The number of amides is 2. The van der Waals surface area contributed by atoms with Crippen LogP contribution in [0.15, 0.2) is 41.4 Å². The number of piperazine rings is 1. The Morgan fingerprint density at radius 1 is 1.00 bits per heavy atom. The highest BCUT2D eigenvalue weighted by Gasteiger charge is 2.19. The average molecular weight is 449 g/mol. The van der Waals surface area contributed by atoms with Gasteiger partial charge in [0, 0.05) is 52.9 Å². The van der Waals surface area contributed by atoms with E-state index in [4.69, 9.17) is 34.7 Å². The van der Waals surface area contributed by atoms with E-state index in [2.05, 4.69) is 15.3 Å². The van der Waals surface area contributed by atoms with Crippen LogP contribution in [-0.2, 0) is 0 Å². The largest absolute Gasteiger partial charge is 0.370 e. The average Bonchev–Trinajstić information content (AvgIpc) is 2.70. The van der Waals surface area contributed by atoms with E-state index in [0.29, 0.717) is 34.3 Å². The summed E-state index contributed by atoms with van der Waals surface area (Å²) in [6, 6.07) is 9.63. The van der Waals surface area contributed by atoms with E-state index >= 15 is 0 Å². The monoisotopic (exact) mass is 448 g/mol.